The van der Waals surface area contributed by atoms with E-state index < -0.39 is 0 Å². The largest absolute Gasteiger partial charge is 0.378 e. The molecule has 0 unspecified atom stereocenters. The van der Waals surface area contributed by atoms with E-state index in [2.05, 4.69) is 20.4 Å². The van der Waals surface area contributed by atoms with Crippen molar-refractivity contribution < 1.29 is 9.53 Å². The summed E-state index contributed by atoms with van der Waals surface area (Å²) in [6, 6.07) is 7.58. The standard InChI is InChI=1S/C14H16N4O2S/c1-10-16-17-14(21-10)15-13(19)11-2-4-12(5-3-11)18-6-8-20-9-7-18/h2-5H,6-9H2,1H3,(H,15,17,19). The van der Waals surface area contributed by atoms with Crippen molar-refractivity contribution in [2.75, 3.05) is 36.5 Å². The summed E-state index contributed by atoms with van der Waals surface area (Å²) in [5.41, 5.74) is 1.72. The number of nitrogens with one attached hydrogen (secondary N) is 1. The van der Waals surface area contributed by atoms with Gasteiger partial charge in [-0.3, -0.25) is 10.1 Å². The Labute approximate surface area is 126 Å². The average molecular weight is 304 g/mol. The van der Waals surface area contributed by atoms with E-state index in [1.807, 2.05) is 31.2 Å². The number of hydrogen-bond donors (Lipinski definition) is 1. The molecule has 21 heavy (non-hydrogen) atoms. The Kier molecular flexibility index (Phi) is 4.12. The first-order valence-corrected chi connectivity index (χ1v) is 7.58. The molecule has 110 valence electrons. The summed E-state index contributed by atoms with van der Waals surface area (Å²) in [4.78, 5) is 14.4. The zero-order chi connectivity index (χ0) is 14.7. The van der Waals surface area contributed by atoms with Gasteiger partial charge in [-0.15, -0.1) is 10.2 Å². The van der Waals surface area contributed by atoms with Crippen molar-refractivity contribution in [2.24, 2.45) is 0 Å². The number of aryl methyl sites for hydroxylation is 1. The fourth-order valence-corrected chi connectivity index (χ4v) is 2.75. The maximum atomic E-state index is 12.1. The first kappa shape index (κ1) is 14.0. The van der Waals surface area contributed by atoms with Crippen LogP contribution in [0.3, 0.4) is 0 Å². The minimum Gasteiger partial charge on any atom is -0.378 e. The van der Waals surface area contributed by atoms with Gasteiger partial charge in [0.05, 0.1) is 13.2 Å². The van der Waals surface area contributed by atoms with E-state index in [9.17, 15) is 4.79 Å². The molecule has 2 aromatic rings. The lowest BCUT2D eigenvalue weighted by molar-refractivity contribution is 0.102. The van der Waals surface area contributed by atoms with Crippen molar-refractivity contribution in [1.82, 2.24) is 10.2 Å². The molecule has 1 aromatic heterocycles. The molecule has 3 rings (SSSR count). The molecular weight excluding hydrogens is 288 g/mol. The van der Waals surface area contributed by atoms with Crippen LogP contribution in [0.15, 0.2) is 24.3 Å². The molecule has 0 aliphatic carbocycles. The van der Waals surface area contributed by atoms with Gasteiger partial charge in [0, 0.05) is 24.3 Å². The van der Waals surface area contributed by atoms with Crippen molar-refractivity contribution in [3.05, 3.63) is 34.8 Å². The van der Waals surface area contributed by atoms with Crippen molar-refractivity contribution in [2.45, 2.75) is 6.92 Å². The zero-order valence-electron chi connectivity index (χ0n) is 11.7. The predicted octanol–water partition coefficient (Wildman–Crippen LogP) is 1.94. The molecule has 0 saturated carbocycles. The third-order valence-corrected chi connectivity index (χ3v) is 4.01. The quantitative estimate of drug-likeness (QED) is 0.938. The molecule has 1 amide bonds. The highest BCUT2D eigenvalue weighted by Crippen LogP contribution is 2.18. The number of nitrogens with zero attached hydrogens (tertiary/aromatic N) is 3. The molecule has 7 heteroatoms. The van der Waals surface area contributed by atoms with Crippen LogP contribution in [0.1, 0.15) is 15.4 Å². The van der Waals surface area contributed by atoms with E-state index in [0.717, 1.165) is 37.0 Å². The molecule has 1 aliphatic rings. The third-order valence-electron chi connectivity index (χ3n) is 3.25. The molecule has 2 heterocycles. The van der Waals surface area contributed by atoms with E-state index in [4.69, 9.17) is 4.74 Å². The molecule has 0 bridgehead atoms. The Hall–Kier alpha value is -1.99. The Morgan fingerprint density at radius 3 is 2.57 bits per heavy atom. The summed E-state index contributed by atoms with van der Waals surface area (Å²) in [7, 11) is 0. The van der Waals surface area contributed by atoms with Crippen molar-refractivity contribution in [3.8, 4) is 0 Å². The van der Waals surface area contributed by atoms with Crippen molar-refractivity contribution in [3.63, 3.8) is 0 Å². The molecule has 1 fully saturated rings. The van der Waals surface area contributed by atoms with Crippen LogP contribution in [0.5, 0.6) is 0 Å². The normalized spacial score (nSPS) is 15.0. The monoisotopic (exact) mass is 304 g/mol. The summed E-state index contributed by atoms with van der Waals surface area (Å²) in [5.74, 6) is -0.167. The maximum Gasteiger partial charge on any atom is 0.257 e. The molecule has 0 atom stereocenters. The number of rotatable bonds is 3. The molecule has 1 N–H and O–H groups in total. The number of morpholine rings is 1. The summed E-state index contributed by atoms with van der Waals surface area (Å²) in [5, 5.41) is 11.9. The average Bonchev–Trinajstić information content (AvgIpc) is 2.93. The number of benzene rings is 1. The van der Waals surface area contributed by atoms with Crippen LogP contribution in [0, 0.1) is 6.92 Å². The van der Waals surface area contributed by atoms with Crippen molar-refractivity contribution in [1.29, 1.82) is 0 Å². The van der Waals surface area contributed by atoms with Crippen LogP contribution < -0.4 is 10.2 Å². The molecular formula is C14H16N4O2S. The lowest BCUT2D eigenvalue weighted by Gasteiger charge is -2.28. The number of amides is 1. The molecule has 6 nitrogen and oxygen atoms in total. The number of carbonyl (C=O) groups is 1. The Morgan fingerprint density at radius 2 is 1.95 bits per heavy atom. The first-order chi connectivity index (χ1) is 10.2. The van der Waals surface area contributed by atoms with Gasteiger partial charge in [-0.2, -0.15) is 0 Å². The van der Waals surface area contributed by atoms with Gasteiger partial charge >= 0.3 is 0 Å². The fourth-order valence-electron chi connectivity index (χ4n) is 2.16. The number of hydrogen-bond acceptors (Lipinski definition) is 6. The minimum absolute atomic E-state index is 0.167. The van der Waals surface area contributed by atoms with Gasteiger partial charge in [-0.1, -0.05) is 11.3 Å². The van der Waals surface area contributed by atoms with Crippen molar-refractivity contribution >= 4 is 28.1 Å². The maximum absolute atomic E-state index is 12.1. The summed E-state index contributed by atoms with van der Waals surface area (Å²) >= 11 is 1.36. The minimum atomic E-state index is -0.167. The fraction of sp³-hybridized carbons (Fsp3) is 0.357. The van der Waals surface area contributed by atoms with E-state index in [1.165, 1.54) is 11.3 Å². The number of ether oxygens (including phenoxy) is 1. The van der Waals surface area contributed by atoms with Gasteiger partial charge in [0.1, 0.15) is 5.01 Å². The summed E-state index contributed by atoms with van der Waals surface area (Å²) in [6.07, 6.45) is 0. The number of anilines is 2. The van der Waals surface area contributed by atoms with Gasteiger partial charge in [0.15, 0.2) is 0 Å². The topological polar surface area (TPSA) is 67.4 Å². The Morgan fingerprint density at radius 1 is 1.24 bits per heavy atom. The van der Waals surface area contributed by atoms with Crippen LogP contribution in [-0.4, -0.2) is 42.4 Å². The van der Waals surface area contributed by atoms with Gasteiger partial charge in [0.25, 0.3) is 5.91 Å². The molecule has 0 radical (unpaired) electrons. The lowest BCUT2D eigenvalue weighted by atomic mass is 10.2. The third kappa shape index (κ3) is 3.37. The number of aromatic nitrogens is 2. The highest BCUT2D eigenvalue weighted by atomic mass is 32.1. The summed E-state index contributed by atoms with van der Waals surface area (Å²) in [6.45, 7) is 5.12. The number of carbonyl (C=O) groups excluding carboxylic acids is 1. The second kappa shape index (κ2) is 6.19. The lowest BCUT2D eigenvalue weighted by Crippen LogP contribution is -2.36. The van der Waals surface area contributed by atoms with E-state index in [1.54, 1.807) is 0 Å². The first-order valence-electron chi connectivity index (χ1n) is 6.76. The molecule has 1 aliphatic heterocycles. The van der Waals surface area contributed by atoms with E-state index in [0.29, 0.717) is 10.7 Å². The molecule has 0 spiro atoms. The van der Waals surface area contributed by atoms with Crippen LogP contribution in [-0.2, 0) is 4.74 Å². The van der Waals surface area contributed by atoms with Crippen LogP contribution >= 0.6 is 11.3 Å². The van der Waals surface area contributed by atoms with Gasteiger partial charge in [-0.25, -0.2) is 0 Å². The molecule has 1 aromatic carbocycles. The van der Waals surface area contributed by atoms with Gasteiger partial charge < -0.3 is 9.64 Å². The van der Waals surface area contributed by atoms with Crippen LogP contribution in [0.25, 0.3) is 0 Å². The SMILES string of the molecule is Cc1nnc(NC(=O)c2ccc(N3CCOCC3)cc2)s1. The van der Waals surface area contributed by atoms with Gasteiger partial charge in [-0.05, 0) is 31.2 Å². The Balaban J connectivity index is 1.67. The van der Waals surface area contributed by atoms with Gasteiger partial charge in [0.2, 0.25) is 5.13 Å². The predicted molar refractivity (Wildman–Crippen MR) is 82.1 cm³/mol. The molecule has 1 saturated heterocycles. The van der Waals surface area contributed by atoms with Crippen LogP contribution in [0.2, 0.25) is 0 Å². The van der Waals surface area contributed by atoms with E-state index in [-0.39, 0.29) is 5.91 Å². The van der Waals surface area contributed by atoms with Crippen LogP contribution in [0.4, 0.5) is 10.8 Å². The highest BCUT2D eigenvalue weighted by Gasteiger charge is 2.13. The van der Waals surface area contributed by atoms with E-state index >= 15 is 0 Å². The smallest absolute Gasteiger partial charge is 0.257 e. The Bertz CT molecular complexity index is 620. The second-order valence-corrected chi connectivity index (χ2v) is 5.91. The second-order valence-electron chi connectivity index (χ2n) is 4.73. The highest BCUT2D eigenvalue weighted by molar-refractivity contribution is 7.15. The summed E-state index contributed by atoms with van der Waals surface area (Å²) < 4.78 is 5.33. The zero-order valence-corrected chi connectivity index (χ0v) is 12.5.